The summed E-state index contributed by atoms with van der Waals surface area (Å²) in [6, 6.07) is 4.96. The molecule has 1 aromatic carbocycles. The zero-order valence-corrected chi connectivity index (χ0v) is 14.1. The molecule has 0 saturated heterocycles. The van der Waals surface area contributed by atoms with Crippen molar-refractivity contribution in [2.45, 2.75) is 33.1 Å². The summed E-state index contributed by atoms with van der Waals surface area (Å²) in [6.45, 7) is 4.07. The number of ether oxygens (including phenoxy) is 1. The minimum absolute atomic E-state index is 0.0574. The van der Waals surface area contributed by atoms with Crippen LogP contribution < -0.4 is 15.0 Å². The van der Waals surface area contributed by atoms with Crippen LogP contribution >= 0.6 is 11.6 Å². The first-order valence-corrected chi connectivity index (χ1v) is 7.75. The molecule has 122 valence electrons. The molecule has 0 unspecified atom stereocenters. The minimum atomic E-state index is -0.246. The van der Waals surface area contributed by atoms with E-state index in [0.29, 0.717) is 23.0 Å². The molecule has 0 heterocycles. The molecule has 0 aliphatic rings. The first-order valence-electron chi connectivity index (χ1n) is 7.38. The van der Waals surface area contributed by atoms with Gasteiger partial charge in [-0.15, -0.1) is 0 Å². The van der Waals surface area contributed by atoms with Crippen LogP contribution in [0, 0.1) is 0 Å². The van der Waals surface area contributed by atoms with Crippen LogP contribution in [-0.2, 0) is 9.59 Å². The van der Waals surface area contributed by atoms with Gasteiger partial charge in [-0.25, -0.2) is 0 Å². The highest BCUT2D eigenvalue weighted by Crippen LogP contribution is 2.31. The van der Waals surface area contributed by atoms with Gasteiger partial charge in [0.2, 0.25) is 11.8 Å². The van der Waals surface area contributed by atoms with Gasteiger partial charge in [0.15, 0.2) is 0 Å². The Hall–Kier alpha value is -1.75. The van der Waals surface area contributed by atoms with Crippen LogP contribution in [0.25, 0.3) is 0 Å². The number of benzene rings is 1. The number of carbonyl (C=O) groups excluding carboxylic acids is 2. The van der Waals surface area contributed by atoms with E-state index in [2.05, 4.69) is 12.2 Å². The standard InChI is InChI=1S/C16H23ClN2O3/c1-4-5-6-9-18-16(21)11-19(12(2)20)14-10-13(17)7-8-15(14)22-3/h7-8,10H,4-6,9,11H2,1-3H3,(H,18,21). The number of rotatable bonds is 8. The van der Waals surface area contributed by atoms with Crippen molar-refractivity contribution in [2.24, 2.45) is 0 Å². The third-order valence-electron chi connectivity index (χ3n) is 3.22. The van der Waals surface area contributed by atoms with Gasteiger partial charge in [0, 0.05) is 18.5 Å². The number of amides is 2. The van der Waals surface area contributed by atoms with E-state index in [1.807, 2.05) is 0 Å². The zero-order valence-electron chi connectivity index (χ0n) is 13.3. The van der Waals surface area contributed by atoms with Gasteiger partial charge in [-0.2, -0.15) is 0 Å². The maximum atomic E-state index is 12.0. The fraction of sp³-hybridized carbons (Fsp3) is 0.500. The zero-order chi connectivity index (χ0) is 16.5. The summed E-state index contributed by atoms with van der Waals surface area (Å²) < 4.78 is 5.24. The molecule has 0 atom stereocenters. The van der Waals surface area contributed by atoms with Crippen molar-refractivity contribution in [2.75, 3.05) is 25.1 Å². The number of hydrogen-bond donors (Lipinski definition) is 1. The average molecular weight is 327 g/mol. The van der Waals surface area contributed by atoms with E-state index >= 15 is 0 Å². The van der Waals surface area contributed by atoms with Crippen molar-refractivity contribution in [3.63, 3.8) is 0 Å². The van der Waals surface area contributed by atoms with Crippen molar-refractivity contribution < 1.29 is 14.3 Å². The van der Waals surface area contributed by atoms with E-state index in [9.17, 15) is 9.59 Å². The van der Waals surface area contributed by atoms with Gasteiger partial charge in [-0.1, -0.05) is 31.4 Å². The Kier molecular flexibility index (Phi) is 7.74. The summed E-state index contributed by atoms with van der Waals surface area (Å²) in [4.78, 5) is 25.2. The van der Waals surface area contributed by atoms with E-state index in [0.717, 1.165) is 19.3 Å². The van der Waals surface area contributed by atoms with Gasteiger partial charge in [0.1, 0.15) is 12.3 Å². The van der Waals surface area contributed by atoms with Crippen molar-refractivity contribution in [3.8, 4) is 5.75 Å². The molecule has 0 spiro atoms. The van der Waals surface area contributed by atoms with E-state index in [1.165, 1.54) is 18.9 Å². The largest absolute Gasteiger partial charge is 0.495 e. The van der Waals surface area contributed by atoms with Crippen LogP contribution in [0.4, 0.5) is 5.69 Å². The fourth-order valence-electron chi connectivity index (χ4n) is 2.04. The smallest absolute Gasteiger partial charge is 0.240 e. The lowest BCUT2D eigenvalue weighted by Crippen LogP contribution is -2.40. The van der Waals surface area contributed by atoms with Gasteiger partial charge in [-0.3, -0.25) is 14.5 Å². The fourth-order valence-corrected chi connectivity index (χ4v) is 2.21. The lowest BCUT2D eigenvalue weighted by molar-refractivity contribution is -0.123. The molecular weight excluding hydrogens is 304 g/mol. The molecule has 0 aromatic heterocycles. The van der Waals surface area contributed by atoms with Gasteiger partial charge in [0.25, 0.3) is 0 Å². The van der Waals surface area contributed by atoms with Crippen LogP contribution in [0.1, 0.15) is 33.1 Å². The average Bonchev–Trinajstić information content (AvgIpc) is 2.49. The van der Waals surface area contributed by atoms with Crippen LogP contribution in [0.5, 0.6) is 5.75 Å². The molecular formula is C16H23ClN2O3. The van der Waals surface area contributed by atoms with Gasteiger partial charge >= 0.3 is 0 Å². The predicted molar refractivity (Wildman–Crippen MR) is 88.6 cm³/mol. The van der Waals surface area contributed by atoms with Crippen LogP contribution in [0.2, 0.25) is 5.02 Å². The van der Waals surface area contributed by atoms with Gasteiger partial charge < -0.3 is 10.1 Å². The maximum absolute atomic E-state index is 12.0. The Morgan fingerprint density at radius 3 is 2.64 bits per heavy atom. The first kappa shape index (κ1) is 18.3. The number of unbranched alkanes of at least 4 members (excludes halogenated alkanes) is 2. The Morgan fingerprint density at radius 1 is 1.32 bits per heavy atom. The highest BCUT2D eigenvalue weighted by atomic mass is 35.5. The second-order valence-electron chi connectivity index (χ2n) is 4.98. The normalized spacial score (nSPS) is 10.2. The summed E-state index contributed by atoms with van der Waals surface area (Å²) >= 11 is 5.98. The molecule has 0 fully saturated rings. The van der Waals surface area contributed by atoms with Crippen LogP contribution in [0.3, 0.4) is 0 Å². The monoisotopic (exact) mass is 326 g/mol. The summed E-state index contributed by atoms with van der Waals surface area (Å²) in [7, 11) is 1.51. The summed E-state index contributed by atoms with van der Waals surface area (Å²) in [6.07, 6.45) is 3.09. The highest BCUT2D eigenvalue weighted by Gasteiger charge is 2.19. The molecule has 1 rings (SSSR count). The molecule has 2 amide bonds. The summed E-state index contributed by atoms with van der Waals surface area (Å²) in [5.41, 5.74) is 0.492. The number of halogens is 1. The topological polar surface area (TPSA) is 58.6 Å². The van der Waals surface area contributed by atoms with Crippen LogP contribution in [0.15, 0.2) is 18.2 Å². The van der Waals surface area contributed by atoms with Crippen molar-refractivity contribution in [3.05, 3.63) is 23.2 Å². The molecule has 6 heteroatoms. The molecule has 1 N–H and O–H groups in total. The molecule has 1 aromatic rings. The molecule has 5 nitrogen and oxygen atoms in total. The molecule has 0 radical (unpaired) electrons. The number of nitrogens with one attached hydrogen (secondary N) is 1. The van der Waals surface area contributed by atoms with Crippen molar-refractivity contribution in [1.82, 2.24) is 5.32 Å². The Labute approximate surface area is 136 Å². The molecule has 0 bridgehead atoms. The third kappa shape index (κ3) is 5.56. The Bertz CT molecular complexity index is 520. The number of hydrogen-bond acceptors (Lipinski definition) is 3. The maximum Gasteiger partial charge on any atom is 0.240 e. The summed E-state index contributed by atoms with van der Waals surface area (Å²) in [5, 5.41) is 3.30. The predicted octanol–water partition coefficient (Wildman–Crippen LogP) is 3.01. The number of methoxy groups -OCH3 is 1. The van der Waals surface area contributed by atoms with E-state index in [-0.39, 0.29) is 18.4 Å². The van der Waals surface area contributed by atoms with Gasteiger partial charge in [0.05, 0.1) is 12.8 Å². The SMILES string of the molecule is CCCCCNC(=O)CN(C(C)=O)c1cc(Cl)ccc1OC. The third-order valence-corrected chi connectivity index (χ3v) is 3.45. The lowest BCUT2D eigenvalue weighted by atomic mass is 10.2. The van der Waals surface area contributed by atoms with Crippen molar-refractivity contribution in [1.29, 1.82) is 0 Å². The Morgan fingerprint density at radius 2 is 2.05 bits per heavy atom. The quantitative estimate of drug-likeness (QED) is 0.747. The molecule has 0 saturated carbocycles. The molecule has 0 aliphatic carbocycles. The Balaban J connectivity index is 2.80. The second-order valence-corrected chi connectivity index (χ2v) is 5.41. The van der Waals surface area contributed by atoms with E-state index in [1.54, 1.807) is 18.2 Å². The van der Waals surface area contributed by atoms with Crippen molar-refractivity contribution >= 4 is 29.1 Å². The molecule has 0 aliphatic heterocycles. The molecule has 22 heavy (non-hydrogen) atoms. The lowest BCUT2D eigenvalue weighted by Gasteiger charge is -2.23. The van der Waals surface area contributed by atoms with E-state index < -0.39 is 0 Å². The second kappa shape index (κ2) is 9.30. The van der Waals surface area contributed by atoms with Gasteiger partial charge in [-0.05, 0) is 24.6 Å². The number of carbonyl (C=O) groups is 2. The number of anilines is 1. The van der Waals surface area contributed by atoms with Crippen LogP contribution in [-0.4, -0.2) is 32.0 Å². The summed E-state index contributed by atoms with van der Waals surface area (Å²) in [5.74, 6) is 0.0518. The highest BCUT2D eigenvalue weighted by molar-refractivity contribution is 6.31. The number of nitrogens with zero attached hydrogens (tertiary/aromatic N) is 1. The first-order chi connectivity index (χ1) is 10.5. The minimum Gasteiger partial charge on any atom is -0.495 e. The van der Waals surface area contributed by atoms with E-state index in [4.69, 9.17) is 16.3 Å².